The van der Waals surface area contributed by atoms with Gasteiger partial charge in [-0.2, -0.15) is 13.2 Å². The highest BCUT2D eigenvalue weighted by molar-refractivity contribution is 7.13. The summed E-state index contributed by atoms with van der Waals surface area (Å²) in [6.45, 7) is 1.73. The first kappa shape index (κ1) is 22.0. The number of amides is 1. The maximum atomic E-state index is 13.1. The molecule has 1 aliphatic rings. The van der Waals surface area contributed by atoms with E-state index in [1.165, 1.54) is 35.6 Å². The SMILES string of the molecule is O=C(/C=C/c1csc(-c2ccc(F)cc2)n1)N1CCN(c2cccc(C(F)(F)F)c2)CC1. The number of hydrogen-bond donors (Lipinski definition) is 0. The Morgan fingerprint density at radius 1 is 1.03 bits per heavy atom. The average molecular weight is 461 g/mol. The number of carbonyl (C=O) groups is 1. The van der Waals surface area contributed by atoms with Crippen LogP contribution < -0.4 is 4.90 Å². The second-order valence-electron chi connectivity index (χ2n) is 7.28. The number of anilines is 1. The Labute approximate surface area is 186 Å². The van der Waals surface area contributed by atoms with Crippen LogP contribution in [0.15, 0.2) is 60.0 Å². The average Bonchev–Trinajstić information content (AvgIpc) is 3.27. The normalized spacial score (nSPS) is 14.9. The molecule has 0 spiro atoms. The molecule has 4 rings (SSSR count). The molecule has 1 aliphatic heterocycles. The first-order valence-corrected chi connectivity index (χ1v) is 10.8. The number of halogens is 4. The van der Waals surface area contributed by atoms with Gasteiger partial charge in [-0.05, 0) is 48.5 Å². The van der Waals surface area contributed by atoms with Gasteiger partial charge >= 0.3 is 6.18 Å². The van der Waals surface area contributed by atoms with Crippen molar-refractivity contribution in [2.24, 2.45) is 0 Å². The van der Waals surface area contributed by atoms with Crippen LogP contribution in [0.25, 0.3) is 16.6 Å². The van der Waals surface area contributed by atoms with Crippen LogP contribution in [0.1, 0.15) is 11.3 Å². The van der Waals surface area contributed by atoms with Crippen molar-refractivity contribution in [1.82, 2.24) is 9.88 Å². The van der Waals surface area contributed by atoms with Crippen molar-refractivity contribution in [3.63, 3.8) is 0 Å². The van der Waals surface area contributed by atoms with Crippen LogP contribution in [-0.2, 0) is 11.0 Å². The summed E-state index contributed by atoms with van der Waals surface area (Å²) >= 11 is 1.40. The molecule has 1 fully saturated rings. The molecule has 1 saturated heterocycles. The topological polar surface area (TPSA) is 36.4 Å². The monoisotopic (exact) mass is 461 g/mol. The molecule has 0 atom stereocenters. The van der Waals surface area contributed by atoms with Crippen LogP contribution in [0.4, 0.5) is 23.2 Å². The van der Waals surface area contributed by atoms with Gasteiger partial charge in [-0.1, -0.05) is 6.07 Å². The maximum Gasteiger partial charge on any atom is 0.416 e. The van der Waals surface area contributed by atoms with Gasteiger partial charge in [0.15, 0.2) is 0 Å². The molecule has 1 amide bonds. The van der Waals surface area contributed by atoms with Crippen LogP contribution in [0.3, 0.4) is 0 Å². The third-order valence-electron chi connectivity index (χ3n) is 5.14. The van der Waals surface area contributed by atoms with Crippen LogP contribution in [0, 0.1) is 5.82 Å². The third kappa shape index (κ3) is 5.16. The summed E-state index contributed by atoms with van der Waals surface area (Å²) in [4.78, 5) is 20.5. The van der Waals surface area contributed by atoms with Gasteiger partial charge in [-0.3, -0.25) is 4.79 Å². The molecule has 0 aliphatic carbocycles. The van der Waals surface area contributed by atoms with E-state index in [0.29, 0.717) is 37.6 Å². The zero-order valence-electron chi connectivity index (χ0n) is 16.8. The summed E-state index contributed by atoms with van der Waals surface area (Å²) in [5, 5.41) is 2.54. The molecule has 0 N–H and O–H groups in total. The van der Waals surface area contributed by atoms with Crippen LogP contribution in [-0.4, -0.2) is 42.0 Å². The van der Waals surface area contributed by atoms with Gasteiger partial charge in [0.25, 0.3) is 0 Å². The lowest BCUT2D eigenvalue weighted by Crippen LogP contribution is -2.48. The summed E-state index contributed by atoms with van der Waals surface area (Å²) in [5.74, 6) is -0.491. The summed E-state index contributed by atoms with van der Waals surface area (Å²) in [5.41, 5.74) is 1.25. The molecule has 3 aromatic rings. The lowest BCUT2D eigenvalue weighted by molar-refractivity contribution is -0.137. The van der Waals surface area contributed by atoms with Crippen LogP contribution >= 0.6 is 11.3 Å². The van der Waals surface area contributed by atoms with E-state index < -0.39 is 11.7 Å². The molecule has 0 unspecified atom stereocenters. The number of carbonyl (C=O) groups excluding carboxylic acids is 1. The summed E-state index contributed by atoms with van der Waals surface area (Å²) in [7, 11) is 0. The Morgan fingerprint density at radius 3 is 2.44 bits per heavy atom. The second-order valence-corrected chi connectivity index (χ2v) is 8.14. The van der Waals surface area contributed by atoms with Gasteiger partial charge in [-0.25, -0.2) is 9.37 Å². The van der Waals surface area contributed by atoms with Gasteiger partial charge in [0, 0.05) is 48.9 Å². The summed E-state index contributed by atoms with van der Waals surface area (Å²) in [6.07, 6.45) is -1.31. The number of thiazole rings is 1. The fourth-order valence-corrected chi connectivity index (χ4v) is 4.21. The molecule has 9 heteroatoms. The maximum absolute atomic E-state index is 13.1. The quantitative estimate of drug-likeness (QED) is 0.389. The smallest absolute Gasteiger partial charge is 0.368 e. The summed E-state index contributed by atoms with van der Waals surface area (Å²) < 4.78 is 51.9. The Hall–Kier alpha value is -3.20. The first-order valence-electron chi connectivity index (χ1n) is 9.90. The lowest BCUT2D eigenvalue weighted by atomic mass is 10.1. The van der Waals surface area contributed by atoms with E-state index in [4.69, 9.17) is 0 Å². The first-order chi connectivity index (χ1) is 15.3. The van der Waals surface area contributed by atoms with E-state index in [1.54, 1.807) is 29.2 Å². The number of rotatable bonds is 4. The second kappa shape index (κ2) is 9.12. The van der Waals surface area contributed by atoms with Crippen molar-refractivity contribution in [1.29, 1.82) is 0 Å². The van der Waals surface area contributed by atoms with Crippen molar-refractivity contribution in [3.8, 4) is 10.6 Å². The van der Waals surface area contributed by atoms with Gasteiger partial charge in [-0.15, -0.1) is 11.3 Å². The Balaban J connectivity index is 1.34. The van der Waals surface area contributed by atoms with Crippen molar-refractivity contribution in [2.75, 3.05) is 31.1 Å². The van der Waals surface area contributed by atoms with Gasteiger partial charge in [0.1, 0.15) is 10.8 Å². The molecular weight excluding hydrogens is 442 g/mol. The molecular formula is C23H19F4N3OS. The van der Waals surface area contributed by atoms with E-state index in [9.17, 15) is 22.4 Å². The number of benzene rings is 2. The number of hydrogen-bond acceptors (Lipinski definition) is 4. The fraction of sp³-hybridized carbons (Fsp3) is 0.217. The minimum atomic E-state index is -4.38. The summed E-state index contributed by atoms with van der Waals surface area (Å²) in [6, 6.07) is 11.3. The highest BCUT2D eigenvalue weighted by Crippen LogP contribution is 2.32. The van der Waals surface area contributed by atoms with E-state index in [-0.39, 0.29) is 11.7 Å². The highest BCUT2D eigenvalue weighted by atomic mass is 32.1. The van der Waals surface area contributed by atoms with Crippen molar-refractivity contribution < 1.29 is 22.4 Å². The van der Waals surface area contributed by atoms with Crippen molar-refractivity contribution in [3.05, 3.63) is 77.1 Å². The van der Waals surface area contributed by atoms with Gasteiger partial charge in [0.2, 0.25) is 5.91 Å². The van der Waals surface area contributed by atoms with Crippen molar-refractivity contribution >= 4 is 29.0 Å². The Kier molecular flexibility index (Phi) is 6.27. The molecule has 2 aromatic carbocycles. The zero-order valence-corrected chi connectivity index (χ0v) is 17.7. The zero-order chi connectivity index (χ0) is 22.7. The number of aromatic nitrogens is 1. The number of piperazine rings is 1. The molecule has 166 valence electrons. The van der Waals surface area contributed by atoms with E-state index >= 15 is 0 Å². The molecule has 32 heavy (non-hydrogen) atoms. The van der Waals surface area contributed by atoms with Crippen LogP contribution in [0.2, 0.25) is 0 Å². The van der Waals surface area contributed by atoms with Crippen molar-refractivity contribution in [2.45, 2.75) is 6.18 Å². The largest absolute Gasteiger partial charge is 0.416 e. The third-order valence-corrected chi connectivity index (χ3v) is 6.05. The van der Waals surface area contributed by atoms with E-state index in [1.807, 2.05) is 10.3 Å². The molecule has 0 saturated carbocycles. The molecule has 4 nitrogen and oxygen atoms in total. The van der Waals surface area contributed by atoms with Gasteiger partial charge < -0.3 is 9.80 Å². The van der Waals surface area contributed by atoms with Gasteiger partial charge in [0.05, 0.1) is 11.3 Å². The minimum absolute atomic E-state index is 0.176. The fourth-order valence-electron chi connectivity index (χ4n) is 3.41. The lowest BCUT2D eigenvalue weighted by Gasteiger charge is -2.35. The Morgan fingerprint density at radius 2 is 1.75 bits per heavy atom. The van der Waals surface area contributed by atoms with Crippen LogP contribution in [0.5, 0.6) is 0 Å². The standard InChI is InChI=1S/C23H19F4N3OS/c24-18-6-4-16(5-7-18)22-28-19(15-32-22)8-9-21(31)30-12-10-29(11-13-30)20-3-1-2-17(14-20)23(25,26)27/h1-9,14-15H,10-13H2/b9-8+. The molecule has 0 radical (unpaired) electrons. The predicted molar refractivity (Wildman–Crippen MR) is 117 cm³/mol. The highest BCUT2D eigenvalue weighted by Gasteiger charge is 2.31. The molecule has 0 bridgehead atoms. The number of nitrogens with zero attached hydrogens (tertiary/aromatic N) is 3. The van der Waals surface area contributed by atoms with E-state index in [2.05, 4.69) is 4.98 Å². The molecule has 1 aromatic heterocycles. The minimum Gasteiger partial charge on any atom is -0.368 e. The molecule has 2 heterocycles. The predicted octanol–water partition coefficient (Wildman–Crippen LogP) is 5.33. The van der Waals surface area contributed by atoms with E-state index in [0.717, 1.165) is 22.7 Å². The Bertz CT molecular complexity index is 1120. The number of alkyl halides is 3.